The number of alkyl halides is 3. The van der Waals surface area contributed by atoms with Gasteiger partial charge in [-0.3, -0.25) is 0 Å². The Balaban J connectivity index is 2.52. The summed E-state index contributed by atoms with van der Waals surface area (Å²) in [6.45, 7) is 0.00648. The zero-order chi connectivity index (χ0) is 11.8. The van der Waals surface area contributed by atoms with Gasteiger partial charge < -0.3 is 4.74 Å². The number of benzene rings is 1. The first-order valence-corrected chi connectivity index (χ1v) is 4.49. The molecule has 0 amide bonds. The molecular formula is C10H7F4NO. The Kier molecular flexibility index (Phi) is 2.57. The summed E-state index contributed by atoms with van der Waals surface area (Å²) in [5.41, 5.74) is -1.45. The van der Waals surface area contributed by atoms with Gasteiger partial charge in [-0.05, 0) is 11.6 Å². The molecule has 1 aromatic rings. The van der Waals surface area contributed by atoms with Crippen molar-refractivity contribution in [2.45, 2.75) is 12.2 Å². The summed E-state index contributed by atoms with van der Waals surface area (Å²) in [6.07, 6.45) is -3.64. The Morgan fingerprint density at radius 3 is 2.62 bits per heavy atom. The van der Waals surface area contributed by atoms with Crippen LogP contribution in [0, 0.1) is 5.82 Å². The smallest absolute Gasteiger partial charge is 0.419 e. The van der Waals surface area contributed by atoms with Crippen LogP contribution in [0.5, 0.6) is 0 Å². The third kappa shape index (κ3) is 1.87. The lowest BCUT2D eigenvalue weighted by atomic mass is 10.0. The lowest BCUT2D eigenvalue weighted by Gasteiger charge is -2.15. The molecule has 0 bridgehead atoms. The quantitative estimate of drug-likeness (QED) is 0.683. The van der Waals surface area contributed by atoms with E-state index in [-0.39, 0.29) is 12.2 Å². The number of ether oxygens (including phenoxy) is 1. The van der Waals surface area contributed by atoms with Crippen molar-refractivity contribution in [3.05, 3.63) is 35.1 Å². The molecule has 0 radical (unpaired) electrons. The average Bonchev–Trinajstić information content (AvgIpc) is 2.67. The zero-order valence-corrected chi connectivity index (χ0v) is 7.96. The van der Waals surface area contributed by atoms with Crippen LogP contribution in [0.15, 0.2) is 23.2 Å². The molecule has 6 heteroatoms. The highest BCUT2D eigenvalue weighted by Crippen LogP contribution is 2.38. The molecule has 2 rings (SSSR count). The predicted molar refractivity (Wildman–Crippen MR) is 48.6 cm³/mol. The van der Waals surface area contributed by atoms with E-state index in [4.69, 9.17) is 4.74 Å². The lowest BCUT2D eigenvalue weighted by molar-refractivity contribution is -0.140. The van der Waals surface area contributed by atoms with Crippen LogP contribution in [0.3, 0.4) is 0 Å². The van der Waals surface area contributed by atoms with Gasteiger partial charge >= 0.3 is 6.18 Å². The number of rotatable bonds is 1. The van der Waals surface area contributed by atoms with E-state index < -0.39 is 23.6 Å². The summed E-state index contributed by atoms with van der Waals surface area (Å²) >= 11 is 0. The first-order valence-electron chi connectivity index (χ1n) is 4.49. The van der Waals surface area contributed by atoms with Crippen molar-refractivity contribution >= 4 is 6.40 Å². The normalized spacial score (nSPS) is 19.9. The Bertz CT molecular complexity index is 427. The third-order valence-electron chi connectivity index (χ3n) is 2.26. The predicted octanol–water partition coefficient (Wildman–Crippen LogP) is 2.94. The number of hydrogen-bond donors (Lipinski definition) is 0. The summed E-state index contributed by atoms with van der Waals surface area (Å²) < 4.78 is 55.8. The minimum atomic E-state index is -4.72. The van der Waals surface area contributed by atoms with Gasteiger partial charge in [-0.15, -0.1) is 0 Å². The van der Waals surface area contributed by atoms with Crippen LogP contribution >= 0.6 is 0 Å². The topological polar surface area (TPSA) is 21.6 Å². The molecule has 0 fully saturated rings. The maximum atomic E-state index is 13.2. The van der Waals surface area contributed by atoms with Gasteiger partial charge in [0.15, 0.2) is 6.40 Å². The van der Waals surface area contributed by atoms with Crippen LogP contribution in [0.2, 0.25) is 0 Å². The summed E-state index contributed by atoms with van der Waals surface area (Å²) in [5.74, 6) is -1.29. The van der Waals surface area contributed by atoms with Gasteiger partial charge in [-0.1, -0.05) is 12.1 Å². The molecule has 0 saturated carbocycles. The maximum absolute atomic E-state index is 13.2. The highest BCUT2D eigenvalue weighted by Gasteiger charge is 2.38. The van der Waals surface area contributed by atoms with E-state index >= 15 is 0 Å². The summed E-state index contributed by atoms with van der Waals surface area (Å²) in [7, 11) is 0. The second-order valence-electron chi connectivity index (χ2n) is 3.31. The first-order chi connectivity index (χ1) is 7.50. The van der Waals surface area contributed by atoms with Crippen molar-refractivity contribution in [2.75, 3.05) is 6.61 Å². The van der Waals surface area contributed by atoms with Gasteiger partial charge in [-0.2, -0.15) is 13.2 Å². The molecule has 86 valence electrons. The minimum absolute atomic E-state index is 0.00648. The Labute approximate surface area is 88.6 Å². The van der Waals surface area contributed by atoms with Gasteiger partial charge in [0.2, 0.25) is 0 Å². The van der Waals surface area contributed by atoms with Crippen molar-refractivity contribution in [2.24, 2.45) is 4.99 Å². The Morgan fingerprint density at radius 1 is 1.31 bits per heavy atom. The van der Waals surface area contributed by atoms with Gasteiger partial charge in [0, 0.05) is 0 Å². The van der Waals surface area contributed by atoms with E-state index in [2.05, 4.69) is 4.99 Å². The van der Waals surface area contributed by atoms with Crippen LogP contribution in [0.25, 0.3) is 0 Å². The molecule has 1 unspecified atom stereocenters. The second-order valence-corrected chi connectivity index (χ2v) is 3.31. The number of nitrogens with zero attached hydrogens (tertiary/aromatic N) is 1. The molecule has 0 aliphatic carbocycles. The van der Waals surface area contributed by atoms with Gasteiger partial charge in [-0.25, -0.2) is 9.38 Å². The van der Waals surface area contributed by atoms with E-state index in [9.17, 15) is 17.6 Å². The fourth-order valence-electron chi connectivity index (χ4n) is 1.58. The molecule has 16 heavy (non-hydrogen) atoms. The highest BCUT2D eigenvalue weighted by atomic mass is 19.4. The standard InChI is InChI=1S/C10H7F4NO/c11-7-3-1-2-6(8-4-16-5-15-8)9(7)10(12,13)14/h1-3,5,8H,4H2. The second kappa shape index (κ2) is 3.77. The fraction of sp³-hybridized carbons (Fsp3) is 0.300. The van der Waals surface area contributed by atoms with Gasteiger partial charge in [0.1, 0.15) is 18.5 Å². The molecule has 1 heterocycles. The number of aliphatic imine (C=N–C) groups is 1. The molecule has 1 atom stereocenters. The number of hydrogen-bond acceptors (Lipinski definition) is 2. The largest absolute Gasteiger partial charge is 0.481 e. The number of halogens is 4. The molecule has 0 saturated heterocycles. The monoisotopic (exact) mass is 233 g/mol. The van der Waals surface area contributed by atoms with E-state index in [1.54, 1.807) is 0 Å². The average molecular weight is 233 g/mol. The van der Waals surface area contributed by atoms with Crippen LogP contribution in [-0.4, -0.2) is 13.0 Å². The third-order valence-corrected chi connectivity index (χ3v) is 2.26. The zero-order valence-electron chi connectivity index (χ0n) is 7.96. The van der Waals surface area contributed by atoms with E-state index in [1.807, 2.05) is 0 Å². The molecule has 0 spiro atoms. The van der Waals surface area contributed by atoms with Crippen molar-refractivity contribution in [3.63, 3.8) is 0 Å². The van der Waals surface area contributed by atoms with Crippen molar-refractivity contribution in [3.8, 4) is 0 Å². The first kappa shape index (κ1) is 10.9. The SMILES string of the molecule is Fc1cccc(C2COC=N2)c1C(F)(F)F. The van der Waals surface area contributed by atoms with Crippen LogP contribution in [-0.2, 0) is 10.9 Å². The van der Waals surface area contributed by atoms with Crippen LogP contribution in [0.1, 0.15) is 17.2 Å². The fourth-order valence-corrected chi connectivity index (χ4v) is 1.58. The van der Waals surface area contributed by atoms with Crippen LogP contribution < -0.4 is 0 Å². The Hall–Kier alpha value is -1.59. The van der Waals surface area contributed by atoms with Gasteiger partial charge in [0.25, 0.3) is 0 Å². The van der Waals surface area contributed by atoms with Crippen LogP contribution in [0.4, 0.5) is 17.6 Å². The minimum Gasteiger partial charge on any atom is -0.481 e. The molecule has 0 N–H and O–H groups in total. The molecular weight excluding hydrogens is 226 g/mol. The molecule has 2 nitrogen and oxygen atoms in total. The van der Waals surface area contributed by atoms with Crippen molar-refractivity contribution in [1.29, 1.82) is 0 Å². The van der Waals surface area contributed by atoms with E-state index in [1.165, 1.54) is 12.1 Å². The molecule has 1 aliphatic rings. The summed E-state index contributed by atoms with van der Waals surface area (Å²) in [6, 6.07) is 2.44. The van der Waals surface area contributed by atoms with Gasteiger partial charge in [0.05, 0.1) is 5.56 Å². The summed E-state index contributed by atoms with van der Waals surface area (Å²) in [5, 5.41) is 0. The molecule has 1 aromatic carbocycles. The lowest BCUT2D eigenvalue weighted by Crippen LogP contribution is -2.14. The summed E-state index contributed by atoms with van der Waals surface area (Å²) in [4.78, 5) is 3.71. The van der Waals surface area contributed by atoms with E-state index in [0.29, 0.717) is 0 Å². The molecule has 0 aromatic heterocycles. The Morgan fingerprint density at radius 2 is 2.06 bits per heavy atom. The van der Waals surface area contributed by atoms with E-state index in [0.717, 1.165) is 12.5 Å². The maximum Gasteiger partial charge on any atom is 0.419 e. The highest BCUT2D eigenvalue weighted by molar-refractivity contribution is 5.51. The van der Waals surface area contributed by atoms with Crippen molar-refractivity contribution < 1.29 is 22.3 Å². The molecule has 1 aliphatic heterocycles. The van der Waals surface area contributed by atoms with Crippen molar-refractivity contribution in [1.82, 2.24) is 0 Å².